The number of rotatable bonds is 5. The molecule has 1 unspecified atom stereocenters. The Kier molecular flexibility index (Phi) is 4.42. The highest BCUT2D eigenvalue weighted by Crippen LogP contribution is 2.30. The van der Waals surface area contributed by atoms with E-state index in [9.17, 15) is 10.2 Å². The predicted molar refractivity (Wildman–Crippen MR) is 77.1 cm³/mol. The average Bonchev–Trinajstić information content (AvgIpc) is 2.46. The Morgan fingerprint density at radius 1 is 1.05 bits per heavy atom. The van der Waals surface area contributed by atoms with Gasteiger partial charge >= 0.3 is 0 Å². The number of nitrogens with one attached hydrogen (secondary N) is 1. The molecule has 1 atom stereocenters. The molecule has 0 aliphatic heterocycles. The minimum absolute atomic E-state index is 0.000376. The van der Waals surface area contributed by atoms with Crippen LogP contribution in [0.4, 0.5) is 5.69 Å². The van der Waals surface area contributed by atoms with Crippen molar-refractivity contribution in [2.75, 3.05) is 5.32 Å². The third-order valence-electron chi connectivity index (χ3n) is 3.24. The van der Waals surface area contributed by atoms with Gasteiger partial charge in [0.1, 0.15) is 5.75 Å². The first-order valence-corrected chi connectivity index (χ1v) is 6.49. The van der Waals surface area contributed by atoms with Crippen LogP contribution in [0.2, 0.25) is 0 Å². The lowest BCUT2D eigenvalue weighted by molar-refractivity contribution is 0.282. The Bertz CT molecular complexity index is 540. The van der Waals surface area contributed by atoms with E-state index in [0.29, 0.717) is 5.75 Å². The van der Waals surface area contributed by atoms with Gasteiger partial charge in [0.15, 0.2) is 0 Å². The third kappa shape index (κ3) is 3.06. The quantitative estimate of drug-likeness (QED) is 0.769. The Balaban J connectivity index is 2.27. The van der Waals surface area contributed by atoms with E-state index in [0.717, 1.165) is 23.2 Å². The van der Waals surface area contributed by atoms with Crippen LogP contribution in [-0.4, -0.2) is 10.2 Å². The second kappa shape index (κ2) is 6.25. The summed E-state index contributed by atoms with van der Waals surface area (Å²) in [7, 11) is 0. The molecule has 0 fully saturated rings. The van der Waals surface area contributed by atoms with E-state index >= 15 is 0 Å². The molecule has 0 heterocycles. The van der Waals surface area contributed by atoms with Crippen molar-refractivity contribution in [3.63, 3.8) is 0 Å². The fraction of sp³-hybridized carbons (Fsp3) is 0.250. The molecule has 3 N–H and O–H groups in total. The van der Waals surface area contributed by atoms with E-state index in [1.807, 2.05) is 42.5 Å². The van der Waals surface area contributed by atoms with Crippen LogP contribution in [0.1, 0.15) is 30.5 Å². The number of hydrogen-bond donors (Lipinski definition) is 3. The number of hydrogen-bond acceptors (Lipinski definition) is 3. The van der Waals surface area contributed by atoms with Crippen molar-refractivity contribution >= 4 is 5.69 Å². The van der Waals surface area contributed by atoms with Crippen molar-refractivity contribution in [1.29, 1.82) is 0 Å². The van der Waals surface area contributed by atoms with Gasteiger partial charge in [0.2, 0.25) is 0 Å². The zero-order chi connectivity index (χ0) is 13.7. The van der Waals surface area contributed by atoms with Gasteiger partial charge in [0.25, 0.3) is 0 Å². The van der Waals surface area contributed by atoms with Gasteiger partial charge in [-0.3, -0.25) is 0 Å². The lowest BCUT2D eigenvalue weighted by Crippen LogP contribution is -2.11. The maximum absolute atomic E-state index is 9.93. The monoisotopic (exact) mass is 257 g/mol. The summed E-state index contributed by atoms with van der Waals surface area (Å²) in [5, 5.41) is 22.7. The maximum atomic E-state index is 9.93. The number of phenols is 1. The van der Waals surface area contributed by atoms with Crippen molar-refractivity contribution < 1.29 is 10.2 Å². The summed E-state index contributed by atoms with van der Waals surface area (Å²) >= 11 is 0. The molecular formula is C16H19NO2. The fourth-order valence-corrected chi connectivity index (χ4v) is 2.17. The van der Waals surface area contributed by atoms with Crippen molar-refractivity contribution in [2.24, 2.45) is 0 Å². The van der Waals surface area contributed by atoms with E-state index in [-0.39, 0.29) is 12.6 Å². The highest BCUT2D eigenvalue weighted by atomic mass is 16.3. The molecule has 0 amide bonds. The van der Waals surface area contributed by atoms with Crippen LogP contribution in [0, 0.1) is 0 Å². The smallest absolute Gasteiger partial charge is 0.120 e. The van der Waals surface area contributed by atoms with Gasteiger partial charge in [0, 0.05) is 16.8 Å². The fourth-order valence-electron chi connectivity index (χ4n) is 2.17. The largest absolute Gasteiger partial charge is 0.508 e. The summed E-state index contributed by atoms with van der Waals surface area (Å²) < 4.78 is 0. The number of aromatic hydroxyl groups is 1. The van der Waals surface area contributed by atoms with Gasteiger partial charge in [-0.1, -0.05) is 43.3 Å². The SMILES string of the molecule is CCC(Nc1ccccc1CO)c1ccccc1O. The summed E-state index contributed by atoms with van der Waals surface area (Å²) in [5.74, 6) is 0.295. The van der Waals surface area contributed by atoms with Gasteiger partial charge in [-0.15, -0.1) is 0 Å². The lowest BCUT2D eigenvalue weighted by Gasteiger charge is -2.21. The van der Waals surface area contributed by atoms with Gasteiger partial charge < -0.3 is 15.5 Å². The molecule has 2 aromatic carbocycles. The highest BCUT2D eigenvalue weighted by molar-refractivity contribution is 5.53. The Morgan fingerprint density at radius 3 is 2.42 bits per heavy atom. The summed E-state index contributed by atoms with van der Waals surface area (Å²) in [6.45, 7) is 2.06. The summed E-state index contributed by atoms with van der Waals surface area (Å²) in [4.78, 5) is 0. The zero-order valence-corrected chi connectivity index (χ0v) is 11.0. The van der Waals surface area contributed by atoms with Gasteiger partial charge in [-0.05, 0) is 18.6 Å². The molecule has 3 heteroatoms. The van der Waals surface area contributed by atoms with Crippen LogP contribution in [0.5, 0.6) is 5.75 Å². The normalized spacial score (nSPS) is 12.1. The molecule has 19 heavy (non-hydrogen) atoms. The van der Waals surface area contributed by atoms with Crippen molar-refractivity contribution in [2.45, 2.75) is 26.0 Å². The van der Waals surface area contributed by atoms with Crippen LogP contribution in [-0.2, 0) is 6.61 Å². The molecule has 100 valence electrons. The lowest BCUT2D eigenvalue weighted by atomic mass is 10.0. The van der Waals surface area contributed by atoms with E-state index in [1.165, 1.54) is 0 Å². The average molecular weight is 257 g/mol. The predicted octanol–water partition coefficient (Wildman–Crippen LogP) is 3.45. The first kappa shape index (κ1) is 13.4. The first-order valence-electron chi connectivity index (χ1n) is 6.49. The molecule has 0 aromatic heterocycles. The maximum Gasteiger partial charge on any atom is 0.120 e. The van der Waals surface area contributed by atoms with Crippen molar-refractivity contribution in [1.82, 2.24) is 0 Å². The van der Waals surface area contributed by atoms with E-state index in [2.05, 4.69) is 12.2 Å². The molecule has 0 spiro atoms. The number of phenolic OH excluding ortho intramolecular Hbond substituents is 1. The van der Waals surface area contributed by atoms with Crippen LogP contribution in [0.25, 0.3) is 0 Å². The molecule has 0 aliphatic rings. The molecule has 2 aromatic rings. The second-order valence-electron chi connectivity index (χ2n) is 4.48. The molecule has 2 rings (SSSR count). The van der Waals surface area contributed by atoms with E-state index in [4.69, 9.17) is 0 Å². The second-order valence-corrected chi connectivity index (χ2v) is 4.48. The van der Waals surface area contributed by atoms with Gasteiger partial charge in [0.05, 0.1) is 12.6 Å². The molecule has 0 saturated heterocycles. The first-order chi connectivity index (χ1) is 9.26. The van der Waals surface area contributed by atoms with Crippen molar-refractivity contribution in [3.05, 3.63) is 59.7 Å². The molecule has 0 aliphatic carbocycles. The summed E-state index contributed by atoms with van der Waals surface area (Å²) in [6, 6.07) is 15.0. The van der Waals surface area contributed by atoms with Crippen LogP contribution in [0.15, 0.2) is 48.5 Å². The van der Waals surface area contributed by atoms with Gasteiger partial charge in [-0.2, -0.15) is 0 Å². The molecular weight excluding hydrogens is 238 g/mol. The molecule has 0 saturated carbocycles. The molecule has 0 bridgehead atoms. The minimum atomic E-state index is 0.000376. The number of aliphatic hydroxyl groups excluding tert-OH is 1. The minimum Gasteiger partial charge on any atom is -0.508 e. The number of aliphatic hydroxyl groups is 1. The molecule has 3 nitrogen and oxygen atoms in total. The van der Waals surface area contributed by atoms with E-state index in [1.54, 1.807) is 6.07 Å². The Hall–Kier alpha value is -2.00. The van der Waals surface area contributed by atoms with Crippen LogP contribution < -0.4 is 5.32 Å². The van der Waals surface area contributed by atoms with Crippen molar-refractivity contribution in [3.8, 4) is 5.75 Å². The summed E-state index contributed by atoms with van der Waals surface area (Å²) in [5.41, 5.74) is 2.63. The zero-order valence-electron chi connectivity index (χ0n) is 11.0. The highest BCUT2D eigenvalue weighted by Gasteiger charge is 2.14. The summed E-state index contributed by atoms with van der Waals surface area (Å²) in [6.07, 6.45) is 0.845. The van der Waals surface area contributed by atoms with Crippen LogP contribution >= 0.6 is 0 Å². The number of benzene rings is 2. The number of anilines is 1. The van der Waals surface area contributed by atoms with E-state index < -0.39 is 0 Å². The Morgan fingerprint density at radius 2 is 1.74 bits per heavy atom. The standard InChI is InChI=1S/C16H19NO2/c1-2-14(13-8-4-6-10-16(13)19)17-15-9-5-3-7-12(15)11-18/h3-10,14,17-19H,2,11H2,1H3. The van der Waals surface area contributed by atoms with Crippen LogP contribution in [0.3, 0.4) is 0 Å². The van der Waals surface area contributed by atoms with Gasteiger partial charge in [-0.25, -0.2) is 0 Å². The Labute approximate surface area is 113 Å². The third-order valence-corrected chi connectivity index (χ3v) is 3.24. The number of para-hydroxylation sites is 2. The topological polar surface area (TPSA) is 52.5 Å². The molecule has 0 radical (unpaired) electrons.